The lowest BCUT2D eigenvalue weighted by atomic mass is 9.53. The molecular formula is C18H26O7S. The fourth-order valence-electron chi connectivity index (χ4n) is 4.12. The summed E-state index contributed by atoms with van der Waals surface area (Å²) in [6, 6.07) is 0. The van der Waals surface area contributed by atoms with E-state index in [0.29, 0.717) is 5.75 Å². The van der Waals surface area contributed by atoms with Crippen molar-refractivity contribution in [1.82, 2.24) is 0 Å². The number of carbonyl (C=O) groups excluding carboxylic acids is 3. The maximum absolute atomic E-state index is 13.5. The van der Waals surface area contributed by atoms with Gasteiger partial charge in [0.15, 0.2) is 5.60 Å². The van der Waals surface area contributed by atoms with Crippen LogP contribution in [0.5, 0.6) is 0 Å². The molecule has 26 heavy (non-hydrogen) atoms. The predicted molar refractivity (Wildman–Crippen MR) is 95.7 cm³/mol. The third-order valence-corrected chi connectivity index (χ3v) is 5.91. The molecule has 0 unspecified atom stereocenters. The molecule has 0 radical (unpaired) electrons. The molecule has 0 aromatic carbocycles. The molecule has 2 bridgehead atoms. The Morgan fingerprint density at radius 2 is 1.73 bits per heavy atom. The number of Topliss-reactive ketones (excluding diaryl/α,β-unsaturated/α-hetero) is 1. The lowest BCUT2D eigenvalue weighted by molar-refractivity contribution is -0.207. The van der Waals surface area contributed by atoms with Crippen molar-refractivity contribution in [2.75, 3.05) is 39.4 Å². The molecule has 3 aliphatic carbocycles. The highest BCUT2D eigenvalue weighted by Crippen LogP contribution is 2.54. The van der Waals surface area contributed by atoms with Gasteiger partial charge in [-0.25, -0.2) is 0 Å². The van der Waals surface area contributed by atoms with Crippen molar-refractivity contribution in [3.8, 4) is 0 Å². The van der Waals surface area contributed by atoms with Crippen LogP contribution < -0.4 is 0 Å². The maximum atomic E-state index is 13.5. The molecule has 0 saturated heterocycles. The predicted octanol–water partition coefficient (Wildman–Crippen LogP) is 1.25. The first-order valence-corrected chi connectivity index (χ1v) is 9.96. The molecule has 0 aromatic rings. The van der Waals surface area contributed by atoms with Gasteiger partial charge in [0.25, 0.3) is 0 Å². The van der Waals surface area contributed by atoms with Crippen LogP contribution in [0.25, 0.3) is 0 Å². The number of hydrogen-bond acceptors (Lipinski definition) is 8. The highest BCUT2D eigenvalue weighted by atomic mass is 32.2. The van der Waals surface area contributed by atoms with Gasteiger partial charge >= 0.3 is 11.9 Å². The molecule has 8 heteroatoms. The van der Waals surface area contributed by atoms with E-state index >= 15 is 0 Å². The van der Waals surface area contributed by atoms with E-state index in [-0.39, 0.29) is 19.0 Å². The summed E-state index contributed by atoms with van der Waals surface area (Å²) in [7, 11) is 2.79. The van der Waals surface area contributed by atoms with Crippen LogP contribution in [0.3, 0.4) is 0 Å². The summed E-state index contributed by atoms with van der Waals surface area (Å²) in [4.78, 5) is 39.0. The highest BCUT2D eigenvalue weighted by molar-refractivity contribution is 7.98. The average molecular weight is 386 g/mol. The molecule has 0 aromatic heterocycles. The van der Waals surface area contributed by atoms with Crippen molar-refractivity contribution >= 4 is 29.5 Å². The maximum Gasteiger partial charge on any atom is 0.313 e. The van der Waals surface area contributed by atoms with Gasteiger partial charge in [-0.1, -0.05) is 6.08 Å². The van der Waals surface area contributed by atoms with Crippen LogP contribution in [0, 0.1) is 17.8 Å². The minimum atomic E-state index is -1.62. The zero-order valence-corrected chi connectivity index (χ0v) is 16.6. The number of rotatable bonds is 8. The fourth-order valence-corrected chi connectivity index (χ4v) is 4.99. The van der Waals surface area contributed by atoms with Crippen molar-refractivity contribution in [1.29, 1.82) is 0 Å². The molecule has 7 nitrogen and oxygen atoms in total. The molecule has 0 aliphatic heterocycles. The standard InChI is InChI=1S/C18H26O7S/c1-6-24-14(19)12-11-8-9-17(22-3,13(12)15(20)25-7-2)16(21)18(11,23-4)10-26-5/h8-9,11-13H,6-7,10H2,1-5H3/t11-,12+,13-,17-,18+/m1/s1. The second-order valence-electron chi connectivity index (χ2n) is 6.25. The Morgan fingerprint density at radius 3 is 2.23 bits per heavy atom. The topological polar surface area (TPSA) is 88.1 Å². The van der Waals surface area contributed by atoms with Gasteiger partial charge in [-0.05, 0) is 26.2 Å². The highest BCUT2D eigenvalue weighted by Gasteiger charge is 2.72. The summed E-state index contributed by atoms with van der Waals surface area (Å²) in [5, 5.41) is 0. The van der Waals surface area contributed by atoms with Crippen molar-refractivity contribution in [3.63, 3.8) is 0 Å². The van der Waals surface area contributed by atoms with E-state index in [9.17, 15) is 14.4 Å². The number of hydrogen-bond donors (Lipinski definition) is 0. The normalized spacial score (nSPS) is 35.4. The molecule has 1 fully saturated rings. The number of esters is 2. The Morgan fingerprint density at radius 1 is 1.12 bits per heavy atom. The van der Waals surface area contributed by atoms with Gasteiger partial charge in [0, 0.05) is 25.9 Å². The SMILES string of the molecule is CCOC(=O)[C@H]1[C@H]2C=C[C@](OC)(C(=O)[C@@]2(CSC)OC)[C@H]1C(=O)OCC. The van der Waals surface area contributed by atoms with Gasteiger partial charge in [0.1, 0.15) is 11.5 Å². The first kappa shape index (κ1) is 20.9. The van der Waals surface area contributed by atoms with Crippen molar-refractivity contribution in [2.24, 2.45) is 17.8 Å². The van der Waals surface area contributed by atoms with Gasteiger partial charge in [0.2, 0.25) is 5.78 Å². The van der Waals surface area contributed by atoms with Gasteiger partial charge in [-0.3, -0.25) is 14.4 Å². The van der Waals surface area contributed by atoms with Gasteiger partial charge < -0.3 is 18.9 Å². The van der Waals surface area contributed by atoms with Crippen LogP contribution in [0.4, 0.5) is 0 Å². The fraction of sp³-hybridized carbons (Fsp3) is 0.722. The third-order valence-electron chi connectivity index (χ3n) is 5.20. The Labute approximate surface area is 157 Å². The zero-order valence-electron chi connectivity index (χ0n) is 15.8. The average Bonchev–Trinajstić information content (AvgIpc) is 2.64. The van der Waals surface area contributed by atoms with Crippen LogP contribution >= 0.6 is 11.8 Å². The number of carbonyl (C=O) groups is 3. The molecule has 5 atom stereocenters. The van der Waals surface area contributed by atoms with E-state index in [1.807, 2.05) is 6.26 Å². The smallest absolute Gasteiger partial charge is 0.313 e. The summed E-state index contributed by atoms with van der Waals surface area (Å²) in [5.74, 6) is -3.93. The summed E-state index contributed by atoms with van der Waals surface area (Å²) in [6.07, 6.45) is 5.15. The van der Waals surface area contributed by atoms with E-state index in [4.69, 9.17) is 18.9 Å². The van der Waals surface area contributed by atoms with E-state index < -0.39 is 40.9 Å². The van der Waals surface area contributed by atoms with E-state index in [0.717, 1.165) is 0 Å². The van der Waals surface area contributed by atoms with Crippen LogP contribution in [-0.2, 0) is 33.3 Å². The Kier molecular flexibility index (Phi) is 6.52. The molecule has 3 rings (SSSR count). The minimum absolute atomic E-state index is 0.132. The van der Waals surface area contributed by atoms with Crippen LogP contribution in [0.1, 0.15) is 13.8 Å². The first-order chi connectivity index (χ1) is 12.4. The van der Waals surface area contributed by atoms with Gasteiger partial charge in [-0.15, -0.1) is 0 Å². The quantitative estimate of drug-likeness (QED) is 0.455. The van der Waals surface area contributed by atoms with E-state index in [1.165, 1.54) is 26.0 Å². The Bertz CT molecular complexity index is 604. The number of ketones is 1. The Hall–Kier alpha value is -1.38. The summed E-state index contributed by atoms with van der Waals surface area (Å²) in [6.45, 7) is 3.66. The third kappa shape index (κ3) is 2.88. The lowest BCUT2D eigenvalue weighted by Gasteiger charge is -2.56. The lowest BCUT2D eigenvalue weighted by Crippen LogP contribution is -2.74. The molecule has 0 spiro atoms. The zero-order chi connectivity index (χ0) is 19.5. The first-order valence-electron chi connectivity index (χ1n) is 8.56. The van der Waals surface area contributed by atoms with Gasteiger partial charge in [-0.2, -0.15) is 11.8 Å². The molecule has 0 N–H and O–H groups in total. The van der Waals surface area contributed by atoms with Crippen LogP contribution in [-0.4, -0.2) is 68.4 Å². The molecule has 0 heterocycles. The van der Waals surface area contributed by atoms with E-state index in [1.54, 1.807) is 26.0 Å². The van der Waals surface area contributed by atoms with Crippen molar-refractivity contribution in [3.05, 3.63) is 12.2 Å². The molecule has 0 amide bonds. The minimum Gasteiger partial charge on any atom is -0.466 e. The van der Waals surface area contributed by atoms with Crippen molar-refractivity contribution in [2.45, 2.75) is 25.0 Å². The molecule has 146 valence electrons. The summed E-state index contributed by atoms with van der Waals surface area (Å²) >= 11 is 1.43. The van der Waals surface area contributed by atoms with Crippen molar-refractivity contribution < 1.29 is 33.3 Å². The summed E-state index contributed by atoms with van der Waals surface area (Å²) < 4.78 is 21.7. The monoisotopic (exact) mass is 386 g/mol. The molecule has 3 aliphatic rings. The largest absolute Gasteiger partial charge is 0.466 e. The summed E-state index contributed by atoms with van der Waals surface area (Å²) in [5.41, 5.74) is -2.89. The second-order valence-corrected chi connectivity index (χ2v) is 7.11. The van der Waals surface area contributed by atoms with Gasteiger partial charge in [0.05, 0.1) is 19.1 Å². The number of methoxy groups -OCH3 is 2. The van der Waals surface area contributed by atoms with E-state index in [2.05, 4.69) is 0 Å². The van der Waals surface area contributed by atoms with Crippen LogP contribution in [0.15, 0.2) is 12.2 Å². The number of ether oxygens (including phenoxy) is 4. The molecular weight excluding hydrogens is 360 g/mol. The van der Waals surface area contributed by atoms with Crippen LogP contribution in [0.2, 0.25) is 0 Å². The number of fused-ring (bicyclic) bond motifs is 2. The number of thioether (sulfide) groups is 1. The molecule has 1 saturated carbocycles. The Balaban J connectivity index is 2.67. The second kappa shape index (κ2) is 8.10.